The number of hydrogen-bond donors (Lipinski definition) is 0. The van der Waals surface area contributed by atoms with Gasteiger partial charge in [0.15, 0.2) is 0 Å². The summed E-state index contributed by atoms with van der Waals surface area (Å²) in [6.45, 7) is 0.822. The SMILES string of the molecule is COc1ncc(C(C)(F)F)cc1Br. The minimum absolute atomic E-state index is 0.139. The standard InChI is InChI=1S/C8H8BrF2NO/c1-8(10,11)5-3-6(9)7(13-2)12-4-5/h3-4H,1-2H3. The van der Waals surface area contributed by atoms with Gasteiger partial charge in [0.25, 0.3) is 5.92 Å². The van der Waals surface area contributed by atoms with Crippen LogP contribution in [0, 0.1) is 0 Å². The number of ether oxygens (including phenoxy) is 1. The monoisotopic (exact) mass is 251 g/mol. The Balaban J connectivity index is 3.10. The van der Waals surface area contributed by atoms with Gasteiger partial charge >= 0.3 is 0 Å². The molecule has 1 aromatic heterocycles. The first kappa shape index (κ1) is 10.4. The number of aromatic nitrogens is 1. The van der Waals surface area contributed by atoms with E-state index in [0.717, 1.165) is 13.1 Å². The summed E-state index contributed by atoms with van der Waals surface area (Å²) in [5.41, 5.74) is -0.139. The molecule has 13 heavy (non-hydrogen) atoms. The van der Waals surface area contributed by atoms with E-state index in [0.29, 0.717) is 10.4 Å². The molecule has 72 valence electrons. The van der Waals surface area contributed by atoms with Crippen LogP contribution < -0.4 is 4.74 Å². The zero-order valence-electron chi connectivity index (χ0n) is 7.14. The molecule has 2 nitrogen and oxygen atoms in total. The summed E-state index contributed by atoms with van der Waals surface area (Å²) in [5.74, 6) is -2.57. The summed E-state index contributed by atoms with van der Waals surface area (Å²) in [5, 5.41) is 0. The number of rotatable bonds is 2. The first-order valence-electron chi connectivity index (χ1n) is 3.53. The number of halogens is 3. The number of hydrogen-bond acceptors (Lipinski definition) is 2. The van der Waals surface area contributed by atoms with Gasteiger partial charge in [0.2, 0.25) is 5.88 Å². The maximum Gasteiger partial charge on any atom is 0.272 e. The lowest BCUT2D eigenvalue weighted by atomic mass is 10.2. The highest BCUT2D eigenvalue weighted by Crippen LogP contribution is 2.31. The molecule has 0 bridgehead atoms. The average molecular weight is 252 g/mol. The topological polar surface area (TPSA) is 22.1 Å². The molecule has 0 aliphatic heterocycles. The first-order valence-corrected chi connectivity index (χ1v) is 4.32. The Morgan fingerprint density at radius 1 is 1.54 bits per heavy atom. The number of alkyl halides is 2. The first-order chi connectivity index (χ1) is 5.95. The molecule has 0 amide bonds. The average Bonchev–Trinajstić information content (AvgIpc) is 2.02. The Labute approximate surface area is 83.1 Å². The van der Waals surface area contributed by atoms with Crippen molar-refractivity contribution in [3.8, 4) is 5.88 Å². The van der Waals surface area contributed by atoms with Gasteiger partial charge in [0.05, 0.1) is 11.6 Å². The van der Waals surface area contributed by atoms with Gasteiger partial charge in [0, 0.05) is 18.7 Å². The molecule has 0 aliphatic rings. The molecule has 0 aliphatic carbocycles. The molecular formula is C8H8BrF2NO. The Morgan fingerprint density at radius 2 is 2.15 bits per heavy atom. The van der Waals surface area contributed by atoms with Crippen LogP contribution in [0.3, 0.4) is 0 Å². The van der Waals surface area contributed by atoms with Gasteiger partial charge in [-0.15, -0.1) is 0 Å². The molecule has 1 heterocycles. The molecule has 0 N–H and O–H groups in total. The van der Waals surface area contributed by atoms with Crippen LogP contribution >= 0.6 is 15.9 Å². The second-order valence-electron chi connectivity index (χ2n) is 2.60. The van der Waals surface area contributed by atoms with E-state index in [1.807, 2.05) is 0 Å². The van der Waals surface area contributed by atoms with Crippen LogP contribution in [0.4, 0.5) is 8.78 Å². The van der Waals surface area contributed by atoms with E-state index in [4.69, 9.17) is 4.74 Å². The largest absolute Gasteiger partial charge is 0.480 e. The summed E-state index contributed by atoms with van der Waals surface area (Å²) in [6, 6.07) is 1.30. The van der Waals surface area contributed by atoms with Crippen LogP contribution in [0.2, 0.25) is 0 Å². The van der Waals surface area contributed by atoms with Gasteiger partial charge in [0.1, 0.15) is 0 Å². The Bertz CT molecular complexity index is 312. The van der Waals surface area contributed by atoms with Crippen molar-refractivity contribution in [2.24, 2.45) is 0 Å². The van der Waals surface area contributed by atoms with Gasteiger partial charge in [-0.05, 0) is 22.0 Å². The van der Waals surface area contributed by atoms with E-state index in [-0.39, 0.29) is 5.56 Å². The molecule has 0 fully saturated rings. The lowest BCUT2D eigenvalue weighted by Gasteiger charge is -2.11. The van der Waals surface area contributed by atoms with Crippen LogP contribution in [0.1, 0.15) is 12.5 Å². The Kier molecular flexibility index (Phi) is 2.85. The van der Waals surface area contributed by atoms with Crippen molar-refractivity contribution >= 4 is 15.9 Å². The van der Waals surface area contributed by atoms with Crippen molar-refractivity contribution in [2.75, 3.05) is 7.11 Å². The summed E-state index contributed by atoms with van der Waals surface area (Å²) in [6.07, 6.45) is 1.10. The molecule has 0 radical (unpaired) electrons. The zero-order valence-corrected chi connectivity index (χ0v) is 8.73. The highest BCUT2D eigenvalue weighted by molar-refractivity contribution is 9.10. The van der Waals surface area contributed by atoms with E-state index in [1.165, 1.54) is 13.2 Å². The molecule has 0 saturated heterocycles. The van der Waals surface area contributed by atoms with Crippen LogP contribution in [0.15, 0.2) is 16.7 Å². The molecule has 0 aromatic carbocycles. The molecule has 0 saturated carbocycles. The second-order valence-corrected chi connectivity index (χ2v) is 3.46. The Morgan fingerprint density at radius 3 is 2.54 bits per heavy atom. The van der Waals surface area contributed by atoms with Crippen molar-refractivity contribution in [3.05, 3.63) is 22.3 Å². The normalized spacial score (nSPS) is 11.5. The maximum absolute atomic E-state index is 12.8. The minimum atomic E-state index is -2.87. The van der Waals surface area contributed by atoms with E-state index < -0.39 is 5.92 Å². The third-order valence-electron chi connectivity index (χ3n) is 1.51. The quantitative estimate of drug-likeness (QED) is 0.807. The van der Waals surface area contributed by atoms with Crippen LogP contribution in [0.5, 0.6) is 5.88 Å². The van der Waals surface area contributed by atoms with Gasteiger partial charge in [-0.2, -0.15) is 0 Å². The third kappa shape index (κ3) is 2.37. The number of pyridine rings is 1. The van der Waals surface area contributed by atoms with Crippen LogP contribution in [-0.2, 0) is 5.92 Å². The van der Waals surface area contributed by atoms with Gasteiger partial charge in [-0.1, -0.05) is 0 Å². The van der Waals surface area contributed by atoms with E-state index >= 15 is 0 Å². The third-order valence-corrected chi connectivity index (χ3v) is 2.08. The molecular weight excluding hydrogens is 244 g/mol. The highest BCUT2D eigenvalue weighted by Gasteiger charge is 2.25. The molecule has 0 atom stereocenters. The van der Waals surface area contributed by atoms with E-state index in [1.54, 1.807) is 0 Å². The van der Waals surface area contributed by atoms with Gasteiger partial charge in [-0.25, -0.2) is 13.8 Å². The maximum atomic E-state index is 12.8. The number of nitrogens with zero attached hydrogens (tertiary/aromatic N) is 1. The summed E-state index contributed by atoms with van der Waals surface area (Å²) in [7, 11) is 1.43. The van der Waals surface area contributed by atoms with Crippen LogP contribution in [0.25, 0.3) is 0 Å². The lowest BCUT2D eigenvalue weighted by molar-refractivity contribution is 0.0170. The van der Waals surface area contributed by atoms with E-state index in [2.05, 4.69) is 20.9 Å². The van der Waals surface area contributed by atoms with Gasteiger partial charge in [-0.3, -0.25) is 0 Å². The fraction of sp³-hybridized carbons (Fsp3) is 0.375. The molecule has 0 spiro atoms. The van der Waals surface area contributed by atoms with Crippen molar-refractivity contribution in [3.63, 3.8) is 0 Å². The molecule has 0 unspecified atom stereocenters. The summed E-state index contributed by atoms with van der Waals surface area (Å²) in [4.78, 5) is 3.71. The molecule has 1 aromatic rings. The van der Waals surface area contributed by atoms with Crippen molar-refractivity contribution in [2.45, 2.75) is 12.8 Å². The zero-order chi connectivity index (χ0) is 10.1. The van der Waals surface area contributed by atoms with Crippen LogP contribution in [-0.4, -0.2) is 12.1 Å². The molecule has 5 heteroatoms. The fourth-order valence-electron chi connectivity index (χ4n) is 0.816. The highest BCUT2D eigenvalue weighted by atomic mass is 79.9. The predicted octanol–water partition coefficient (Wildman–Crippen LogP) is 2.96. The fourth-order valence-corrected chi connectivity index (χ4v) is 1.33. The second kappa shape index (κ2) is 3.57. The minimum Gasteiger partial charge on any atom is -0.480 e. The van der Waals surface area contributed by atoms with Crippen molar-refractivity contribution < 1.29 is 13.5 Å². The summed E-state index contributed by atoms with van der Waals surface area (Å²) >= 11 is 3.08. The summed E-state index contributed by atoms with van der Waals surface area (Å²) < 4.78 is 30.8. The Hall–Kier alpha value is -0.710. The van der Waals surface area contributed by atoms with Crippen molar-refractivity contribution in [1.29, 1.82) is 0 Å². The predicted molar refractivity (Wildman–Crippen MR) is 48.1 cm³/mol. The van der Waals surface area contributed by atoms with Gasteiger partial charge < -0.3 is 4.74 Å². The number of methoxy groups -OCH3 is 1. The smallest absolute Gasteiger partial charge is 0.272 e. The lowest BCUT2D eigenvalue weighted by Crippen LogP contribution is -2.07. The molecule has 1 rings (SSSR count). The van der Waals surface area contributed by atoms with E-state index in [9.17, 15) is 8.78 Å². The van der Waals surface area contributed by atoms with Crippen molar-refractivity contribution in [1.82, 2.24) is 4.98 Å².